The Balaban J connectivity index is 2.30. The molecule has 0 N–H and O–H groups in total. The maximum atomic E-state index is 13.6. The van der Waals surface area contributed by atoms with Gasteiger partial charge in [-0.05, 0) is 18.6 Å². The van der Waals surface area contributed by atoms with Gasteiger partial charge in [0.1, 0.15) is 5.82 Å². The lowest BCUT2D eigenvalue weighted by molar-refractivity contribution is 0.498. The fourth-order valence-electron chi connectivity index (χ4n) is 1.38. The molecule has 6 heteroatoms. The van der Waals surface area contributed by atoms with Gasteiger partial charge in [-0.3, -0.25) is 0 Å². The topological polar surface area (TPSA) is 38.9 Å². The standard InChI is InChI=1S/C11H9Cl2FN2O/c12-6-2-5-9-15-16-11(17-9)10-7(13)3-1-4-8(10)14/h1,3-4H,2,5-6H2. The molecule has 1 aromatic carbocycles. The van der Waals surface area contributed by atoms with Gasteiger partial charge in [-0.1, -0.05) is 17.7 Å². The van der Waals surface area contributed by atoms with E-state index in [4.69, 9.17) is 27.6 Å². The summed E-state index contributed by atoms with van der Waals surface area (Å²) in [5.41, 5.74) is 0.138. The summed E-state index contributed by atoms with van der Waals surface area (Å²) in [6.07, 6.45) is 1.30. The number of aryl methyl sites for hydroxylation is 1. The predicted molar refractivity (Wildman–Crippen MR) is 63.7 cm³/mol. The molecule has 0 saturated heterocycles. The van der Waals surface area contributed by atoms with Gasteiger partial charge in [-0.25, -0.2) is 4.39 Å². The van der Waals surface area contributed by atoms with Crippen LogP contribution in [0, 0.1) is 5.82 Å². The predicted octanol–water partition coefficient (Wildman–Crippen LogP) is 3.70. The average molecular weight is 275 g/mol. The molecule has 0 aliphatic rings. The normalized spacial score (nSPS) is 10.8. The highest BCUT2D eigenvalue weighted by molar-refractivity contribution is 6.33. The maximum absolute atomic E-state index is 13.6. The summed E-state index contributed by atoms with van der Waals surface area (Å²) in [5.74, 6) is 0.556. The Hall–Kier alpha value is -1.13. The fourth-order valence-corrected chi connectivity index (χ4v) is 1.75. The Morgan fingerprint density at radius 3 is 2.82 bits per heavy atom. The largest absolute Gasteiger partial charge is 0.421 e. The van der Waals surface area contributed by atoms with E-state index >= 15 is 0 Å². The first-order valence-electron chi connectivity index (χ1n) is 5.05. The zero-order chi connectivity index (χ0) is 12.3. The van der Waals surface area contributed by atoms with Gasteiger partial charge in [-0.2, -0.15) is 0 Å². The molecule has 0 amide bonds. The molecule has 1 heterocycles. The van der Waals surface area contributed by atoms with Gasteiger partial charge in [0.15, 0.2) is 0 Å². The van der Waals surface area contributed by atoms with Crippen molar-refractivity contribution in [2.45, 2.75) is 12.8 Å². The monoisotopic (exact) mass is 274 g/mol. The first-order valence-corrected chi connectivity index (χ1v) is 5.96. The number of aromatic nitrogens is 2. The molecule has 0 atom stereocenters. The molecule has 2 rings (SSSR count). The minimum Gasteiger partial charge on any atom is -0.421 e. The molecule has 0 fully saturated rings. The Labute approximate surface area is 108 Å². The highest BCUT2D eigenvalue weighted by Crippen LogP contribution is 2.29. The van der Waals surface area contributed by atoms with Crippen LogP contribution >= 0.6 is 23.2 Å². The molecule has 3 nitrogen and oxygen atoms in total. The molecular formula is C11H9Cl2FN2O. The minimum absolute atomic E-state index is 0.0951. The number of halogens is 3. The molecule has 0 aliphatic heterocycles. The van der Waals surface area contributed by atoms with Crippen molar-refractivity contribution in [2.75, 3.05) is 5.88 Å². The van der Waals surface area contributed by atoms with Crippen molar-refractivity contribution < 1.29 is 8.81 Å². The van der Waals surface area contributed by atoms with E-state index < -0.39 is 5.82 Å². The molecule has 1 aromatic heterocycles. The molecule has 0 bridgehead atoms. The van der Waals surface area contributed by atoms with E-state index in [9.17, 15) is 4.39 Å². The van der Waals surface area contributed by atoms with Crippen molar-refractivity contribution in [3.8, 4) is 11.5 Å². The van der Waals surface area contributed by atoms with E-state index in [0.717, 1.165) is 6.42 Å². The van der Waals surface area contributed by atoms with E-state index in [1.54, 1.807) is 6.07 Å². The van der Waals surface area contributed by atoms with Crippen molar-refractivity contribution in [1.82, 2.24) is 10.2 Å². The Morgan fingerprint density at radius 2 is 2.12 bits per heavy atom. The second-order valence-corrected chi connectivity index (χ2v) is 4.18. The molecule has 2 aromatic rings. The Bertz CT molecular complexity index is 496. The molecule has 17 heavy (non-hydrogen) atoms. The molecule has 90 valence electrons. The summed E-state index contributed by atoms with van der Waals surface area (Å²) in [5, 5.41) is 7.84. The van der Waals surface area contributed by atoms with Crippen LogP contribution < -0.4 is 0 Å². The van der Waals surface area contributed by atoms with Crippen molar-refractivity contribution in [3.05, 3.63) is 34.9 Å². The molecule has 0 spiro atoms. The van der Waals surface area contributed by atoms with Crippen molar-refractivity contribution >= 4 is 23.2 Å². The van der Waals surface area contributed by atoms with Crippen LogP contribution in [0.3, 0.4) is 0 Å². The average Bonchev–Trinajstić information content (AvgIpc) is 2.75. The highest BCUT2D eigenvalue weighted by atomic mass is 35.5. The fraction of sp³-hybridized carbons (Fsp3) is 0.273. The summed E-state index contributed by atoms with van der Waals surface area (Å²) in [6.45, 7) is 0. The number of rotatable bonds is 4. The van der Waals surface area contributed by atoms with Crippen LogP contribution in [0.1, 0.15) is 12.3 Å². The molecular weight excluding hydrogens is 266 g/mol. The first kappa shape index (κ1) is 12.3. The van der Waals surface area contributed by atoms with Gasteiger partial charge in [0, 0.05) is 12.3 Å². The molecule has 0 saturated carbocycles. The maximum Gasteiger partial charge on any atom is 0.252 e. The minimum atomic E-state index is -0.481. The van der Waals surface area contributed by atoms with E-state index in [1.807, 2.05) is 0 Å². The van der Waals surface area contributed by atoms with Crippen LogP contribution in [-0.2, 0) is 6.42 Å². The lowest BCUT2D eigenvalue weighted by Crippen LogP contribution is -1.85. The van der Waals surface area contributed by atoms with E-state index in [1.165, 1.54) is 12.1 Å². The van der Waals surface area contributed by atoms with Crippen LogP contribution in [0.25, 0.3) is 11.5 Å². The van der Waals surface area contributed by atoms with Crippen molar-refractivity contribution in [3.63, 3.8) is 0 Å². The zero-order valence-corrected chi connectivity index (χ0v) is 10.3. The number of benzene rings is 1. The number of nitrogens with zero attached hydrogens (tertiary/aromatic N) is 2. The first-order chi connectivity index (χ1) is 8.22. The number of hydrogen-bond acceptors (Lipinski definition) is 3. The smallest absolute Gasteiger partial charge is 0.252 e. The zero-order valence-electron chi connectivity index (χ0n) is 8.79. The second-order valence-electron chi connectivity index (χ2n) is 3.39. The number of hydrogen-bond donors (Lipinski definition) is 0. The third kappa shape index (κ3) is 2.76. The van der Waals surface area contributed by atoms with Crippen molar-refractivity contribution in [1.29, 1.82) is 0 Å². The highest BCUT2D eigenvalue weighted by Gasteiger charge is 2.16. The van der Waals surface area contributed by atoms with E-state index in [2.05, 4.69) is 10.2 Å². The van der Waals surface area contributed by atoms with Crippen LogP contribution in [0.15, 0.2) is 22.6 Å². The summed E-state index contributed by atoms with van der Waals surface area (Å²) in [4.78, 5) is 0. The third-order valence-corrected chi connectivity index (χ3v) is 2.75. The van der Waals surface area contributed by atoms with Crippen LogP contribution in [-0.4, -0.2) is 16.1 Å². The molecule has 0 radical (unpaired) electrons. The van der Waals surface area contributed by atoms with Gasteiger partial charge < -0.3 is 4.42 Å². The third-order valence-electron chi connectivity index (χ3n) is 2.17. The molecule has 0 aliphatic carbocycles. The van der Waals surface area contributed by atoms with Gasteiger partial charge >= 0.3 is 0 Å². The van der Waals surface area contributed by atoms with Gasteiger partial charge in [0.25, 0.3) is 5.89 Å². The van der Waals surface area contributed by atoms with E-state index in [0.29, 0.717) is 18.2 Å². The summed E-state index contributed by atoms with van der Waals surface area (Å²) in [6, 6.07) is 4.39. The van der Waals surface area contributed by atoms with E-state index in [-0.39, 0.29) is 16.5 Å². The SMILES string of the molecule is Fc1cccc(Cl)c1-c1nnc(CCCCl)o1. The summed E-state index contributed by atoms with van der Waals surface area (Å²) >= 11 is 11.4. The molecule has 0 unspecified atom stereocenters. The van der Waals surface area contributed by atoms with Gasteiger partial charge in [0.05, 0.1) is 10.6 Å². The quantitative estimate of drug-likeness (QED) is 0.798. The van der Waals surface area contributed by atoms with Gasteiger partial charge in [-0.15, -0.1) is 21.8 Å². The number of alkyl halides is 1. The summed E-state index contributed by atoms with van der Waals surface area (Å²) in [7, 11) is 0. The lowest BCUT2D eigenvalue weighted by atomic mass is 10.2. The Kier molecular flexibility index (Phi) is 3.97. The second kappa shape index (κ2) is 5.47. The lowest BCUT2D eigenvalue weighted by Gasteiger charge is -1.99. The van der Waals surface area contributed by atoms with Gasteiger partial charge in [0.2, 0.25) is 5.89 Å². The summed E-state index contributed by atoms with van der Waals surface area (Å²) < 4.78 is 18.9. The van der Waals surface area contributed by atoms with Crippen LogP contribution in [0.5, 0.6) is 0 Å². The van der Waals surface area contributed by atoms with Crippen LogP contribution in [0.2, 0.25) is 5.02 Å². The Morgan fingerprint density at radius 1 is 1.29 bits per heavy atom. The van der Waals surface area contributed by atoms with Crippen molar-refractivity contribution in [2.24, 2.45) is 0 Å². The van der Waals surface area contributed by atoms with Crippen LogP contribution in [0.4, 0.5) is 4.39 Å².